The first-order valence-corrected chi connectivity index (χ1v) is 10.4. The first-order chi connectivity index (χ1) is 11.0. The Morgan fingerprint density at radius 1 is 1.04 bits per heavy atom. The number of aryl methyl sites for hydroxylation is 1. The summed E-state index contributed by atoms with van der Waals surface area (Å²) < 4.78 is 27.2. The van der Waals surface area contributed by atoms with Crippen LogP contribution in [0.4, 0.5) is 0 Å². The molecule has 3 fully saturated rings. The molecule has 126 valence electrons. The lowest BCUT2D eigenvalue weighted by Crippen LogP contribution is -3.18. The highest BCUT2D eigenvalue weighted by Crippen LogP contribution is 2.43. The summed E-state index contributed by atoms with van der Waals surface area (Å²) in [5, 5.41) is 0. The van der Waals surface area contributed by atoms with E-state index in [1.54, 1.807) is 21.3 Å². The monoisotopic (exact) mass is 335 g/mol. The third-order valence-electron chi connectivity index (χ3n) is 6.29. The number of rotatable bonds is 3. The number of benzene rings is 1. The molecule has 0 radical (unpaired) electrons. The van der Waals surface area contributed by atoms with Crippen LogP contribution in [0.1, 0.15) is 31.2 Å². The number of nitrogens with zero attached hydrogens (tertiary/aromatic N) is 1. The van der Waals surface area contributed by atoms with Gasteiger partial charge in [-0.1, -0.05) is 17.7 Å². The zero-order chi connectivity index (χ0) is 16.0. The van der Waals surface area contributed by atoms with Crippen molar-refractivity contribution < 1.29 is 13.3 Å². The van der Waals surface area contributed by atoms with Crippen LogP contribution in [0.3, 0.4) is 0 Å². The van der Waals surface area contributed by atoms with Gasteiger partial charge in [-0.25, -0.2) is 8.42 Å². The van der Waals surface area contributed by atoms with E-state index in [0.717, 1.165) is 36.5 Å². The van der Waals surface area contributed by atoms with Gasteiger partial charge in [-0.3, -0.25) is 0 Å². The highest BCUT2D eigenvalue weighted by atomic mass is 32.2. The van der Waals surface area contributed by atoms with E-state index in [1.165, 1.54) is 25.7 Å². The molecule has 4 rings (SSSR count). The summed E-state index contributed by atoms with van der Waals surface area (Å²) in [6.45, 7) is 5.25. The van der Waals surface area contributed by atoms with Crippen LogP contribution in [-0.4, -0.2) is 44.9 Å². The van der Waals surface area contributed by atoms with E-state index in [4.69, 9.17) is 0 Å². The lowest BCUT2D eigenvalue weighted by Gasteiger charge is -2.37. The summed E-state index contributed by atoms with van der Waals surface area (Å²) >= 11 is 0. The van der Waals surface area contributed by atoms with Crippen molar-refractivity contribution in [2.45, 2.75) is 43.5 Å². The topological polar surface area (TPSA) is 41.8 Å². The molecule has 5 heteroatoms. The number of hydrogen-bond acceptors (Lipinski definition) is 2. The molecule has 4 nitrogen and oxygen atoms in total. The van der Waals surface area contributed by atoms with Crippen molar-refractivity contribution in [2.75, 3.05) is 26.2 Å². The number of hydrogen-bond donors (Lipinski definition) is 1. The van der Waals surface area contributed by atoms with E-state index < -0.39 is 10.0 Å². The molecule has 1 heterocycles. The number of nitrogens with one attached hydrogen (secondary N) is 1. The zero-order valence-electron chi connectivity index (χ0n) is 13.9. The van der Waals surface area contributed by atoms with Crippen LogP contribution in [0.15, 0.2) is 29.2 Å². The second-order valence-electron chi connectivity index (χ2n) is 7.66. The van der Waals surface area contributed by atoms with Gasteiger partial charge in [0, 0.05) is 12.3 Å². The molecule has 1 aromatic carbocycles. The molecule has 23 heavy (non-hydrogen) atoms. The fraction of sp³-hybridized carbons (Fsp3) is 0.667. The molecule has 0 spiro atoms. The Kier molecular flexibility index (Phi) is 3.98. The highest BCUT2D eigenvalue weighted by Gasteiger charge is 2.46. The van der Waals surface area contributed by atoms with E-state index >= 15 is 0 Å². The predicted molar refractivity (Wildman–Crippen MR) is 89.9 cm³/mol. The van der Waals surface area contributed by atoms with Crippen LogP contribution >= 0.6 is 0 Å². The summed E-state index contributed by atoms with van der Waals surface area (Å²) in [4.78, 5) is 2.10. The Morgan fingerprint density at radius 3 is 2.30 bits per heavy atom. The van der Waals surface area contributed by atoms with E-state index in [0.29, 0.717) is 18.0 Å². The third-order valence-corrected chi connectivity index (χ3v) is 8.20. The van der Waals surface area contributed by atoms with Crippen LogP contribution in [0.5, 0.6) is 0 Å². The second kappa shape index (κ2) is 5.87. The molecule has 1 saturated heterocycles. The summed E-state index contributed by atoms with van der Waals surface area (Å²) in [6, 6.07) is 8.03. The molecule has 0 amide bonds. The lowest BCUT2D eigenvalue weighted by molar-refractivity contribution is -0.932. The first kappa shape index (κ1) is 15.6. The van der Waals surface area contributed by atoms with Crippen LogP contribution in [-0.2, 0) is 10.0 Å². The van der Waals surface area contributed by atoms with Crippen LogP contribution in [0.25, 0.3) is 0 Å². The Balaban J connectivity index is 1.42. The number of quaternary nitrogens is 1. The molecule has 2 aliphatic carbocycles. The smallest absolute Gasteiger partial charge is 0.243 e. The summed E-state index contributed by atoms with van der Waals surface area (Å²) in [6.07, 6.45) is 5.65. The fourth-order valence-corrected chi connectivity index (χ4v) is 6.43. The molecule has 0 aromatic heterocycles. The van der Waals surface area contributed by atoms with Gasteiger partial charge in [-0.2, -0.15) is 4.31 Å². The SMILES string of the molecule is Cc1ccc(S(=O)(=O)N2CC[NH+]([C@H]3C[C@H]4CC[C@@H]3C4)CC2)cc1. The molecule has 0 unspecified atom stereocenters. The molecular weight excluding hydrogens is 308 g/mol. The maximum absolute atomic E-state index is 12.8. The summed E-state index contributed by atoms with van der Waals surface area (Å²) in [7, 11) is -3.32. The minimum absolute atomic E-state index is 0.437. The standard InChI is InChI=1S/C18H26N2O2S/c1-14-2-6-17(7-3-14)23(21,22)20-10-8-19(9-11-20)18-13-15-4-5-16(18)12-15/h2-3,6-7,15-16,18H,4-5,8-13H2,1H3/p+1/t15-,16+,18-/m0/s1. The van der Waals surface area contributed by atoms with Crippen LogP contribution in [0, 0.1) is 18.8 Å². The first-order valence-electron chi connectivity index (χ1n) is 8.95. The Morgan fingerprint density at radius 2 is 1.74 bits per heavy atom. The lowest BCUT2D eigenvalue weighted by atomic mass is 9.93. The largest absolute Gasteiger partial charge is 0.330 e. The summed E-state index contributed by atoms with van der Waals surface area (Å²) in [5.41, 5.74) is 1.09. The Labute approximate surface area is 139 Å². The summed E-state index contributed by atoms with van der Waals surface area (Å²) in [5.74, 6) is 1.88. The minimum atomic E-state index is -3.32. The molecular formula is C18H27N2O2S+. The molecule has 2 saturated carbocycles. The van der Waals surface area contributed by atoms with Gasteiger partial charge in [0.2, 0.25) is 10.0 Å². The van der Waals surface area contributed by atoms with Gasteiger partial charge >= 0.3 is 0 Å². The van der Waals surface area contributed by atoms with E-state index in [2.05, 4.69) is 0 Å². The zero-order valence-corrected chi connectivity index (χ0v) is 14.7. The van der Waals surface area contributed by atoms with Crippen molar-refractivity contribution >= 4 is 10.0 Å². The molecule has 3 aliphatic rings. The normalized spacial score (nSPS) is 32.5. The van der Waals surface area contributed by atoms with Gasteiger partial charge < -0.3 is 4.90 Å². The maximum Gasteiger partial charge on any atom is 0.243 e. The second-order valence-corrected chi connectivity index (χ2v) is 9.59. The van der Waals surface area contributed by atoms with Crippen LogP contribution in [0.2, 0.25) is 0 Å². The quantitative estimate of drug-likeness (QED) is 0.898. The van der Waals surface area contributed by atoms with Crippen LogP contribution < -0.4 is 4.90 Å². The number of sulfonamides is 1. The van der Waals surface area contributed by atoms with E-state index in [1.807, 2.05) is 19.1 Å². The molecule has 1 N–H and O–H groups in total. The van der Waals surface area contributed by atoms with Gasteiger partial charge in [0.25, 0.3) is 0 Å². The van der Waals surface area contributed by atoms with Crippen molar-refractivity contribution in [3.63, 3.8) is 0 Å². The van der Waals surface area contributed by atoms with E-state index in [9.17, 15) is 8.42 Å². The Hall–Kier alpha value is -0.910. The molecule has 1 aliphatic heterocycles. The fourth-order valence-electron chi connectivity index (χ4n) is 4.99. The number of piperazine rings is 1. The van der Waals surface area contributed by atoms with Gasteiger partial charge in [0.15, 0.2) is 0 Å². The highest BCUT2D eigenvalue weighted by molar-refractivity contribution is 7.89. The maximum atomic E-state index is 12.8. The molecule has 3 atom stereocenters. The predicted octanol–water partition coefficient (Wildman–Crippen LogP) is 1.07. The van der Waals surface area contributed by atoms with Gasteiger partial charge in [-0.15, -0.1) is 0 Å². The third kappa shape index (κ3) is 2.83. The molecule has 2 bridgehead atoms. The number of fused-ring (bicyclic) bond motifs is 2. The Bertz CT molecular complexity index is 663. The van der Waals surface area contributed by atoms with Crippen molar-refractivity contribution in [1.82, 2.24) is 4.31 Å². The van der Waals surface area contributed by atoms with Crippen molar-refractivity contribution in [2.24, 2.45) is 11.8 Å². The van der Waals surface area contributed by atoms with Crippen molar-refractivity contribution in [3.8, 4) is 0 Å². The van der Waals surface area contributed by atoms with Gasteiger partial charge in [0.05, 0.1) is 37.1 Å². The van der Waals surface area contributed by atoms with Crippen molar-refractivity contribution in [1.29, 1.82) is 0 Å². The molecule has 1 aromatic rings. The van der Waals surface area contributed by atoms with Crippen molar-refractivity contribution in [3.05, 3.63) is 29.8 Å². The van der Waals surface area contributed by atoms with Gasteiger partial charge in [-0.05, 0) is 44.2 Å². The minimum Gasteiger partial charge on any atom is -0.330 e. The van der Waals surface area contributed by atoms with E-state index in [-0.39, 0.29) is 0 Å². The van der Waals surface area contributed by atoms with Gasteiger partial charge in [0.1, 0.15) is 0 Å². The average molecular weight is 335 g/mol. The average Bonchev–Trinajstić information content (AvgIpc) is 3.18.